The molecule has 172 valence electrons. The normalized spacial score (nSPS) is 46.4. The van der Waals surface area contributed by atoms with Gasteiger partial charge in [-0.15, -0.1) is 0 Å². The van der Waals surface area contributed by atoms with E-state index in [1.165, 1.54) is 50.5 Å². The molecule has 4 fully saturated rings. The second-order valence-electron chi connectivity index (χ2n) is 11.4. The minimum absolute atomic E-state index is 0.0318. The molecule has 0 bridgehead atoms. The highest BCUT2D eigenvalue weighted by molar-refractivity contribution is 5.85. The minimum atomic E-state index is -0.246. The molecule has 5 rings (SSSR count). The van der Waals surface area contributed by atoms with E-state index in [1.54, 1.807) is 6.08 Å². The van der Waals surface area contributed by atoms with Crippen LogP contribution < -0.4 is 11.2 Å². The maximum Gasteiger partial charge on any atom is 0.331 e. The van der Waals surface area contributed by atoms with Crippen LogP contribution in [0.5, 0.6) is 0 Å². The highest BCUT2D eigenvalue weighted by atomic mass is 16.7. The van der Waals surface area contributed by atoms with E-state index < -0.39 is 0 Å². The summed E-state index contributed by atoms with van der Waals surface area (Å²) in [6, 6.07) is 0. The Morgan fingerprint density at radius 2 is 1.90 bits per heavy atom. The molecule has 1 heterocycles. The van der Waals surface area contributed by atoms with Crippen LogP contribution in [0.1, 0.15) is 71.6 Å². The number of rotatable bonds is 4. The Balaban J connectivity index is 1.29. The third-order valence-corrected chi connectivity index (χ3v) is 10.3. The van der Waals surface area contributed by atoms with Gasteiger partial charge in [-0.25, -0.2) is 10.3 Å². The standard InChI is InChI=1S/C25H38N2O4/c1-24-9-7-17(31-27-22(28)13-26)12-16(24)3-4-18-20-6-5-19(15-11-23(29)30-14-15)25(20,2)10-8-21(18)24/h11,16-21H,3-10,12-14,26H2,1-2H3,(H,27,28)/t16-,17-,18+,19-,20+,21+,24+,25-/m1/s1. The van der Waals surface area contributed by atoms with Crippen molar-refractivity contribution in [1.29, 1.82) is 0 Å². The van der Waals surface area contributed by atoms with Gasteiger partial charge in [0, 0.05) is 6.08 Å². The van der Waals surface area contributed by atoms with E-state index in [4.69, 9.17) is 15.3 Å². The maximum absolute atomic E-state index is 11.7. The number of amides is 1. The monoisotopic (exact) mass is 430 g/mol. The Bertz CT molecular complexity index is 781. The van der Waals surface area contributed by atoms with Gasteiger partial charge in [-0.05, 0) is 104 Å². The van der Waals surface area contributed by atoms with Gasteiger partial charge in [0.2, 0.25) is 0 Å². The van der Waals surface area contributed by atoms with Crippen LogP contribution in [0.15, 0.2) is 11.6 Å². The summed E-state index contributed by atoms with van der Waals surface area (Å²) in [6.07, 6.45) is 12.8. The summed E-state index contributed by atoms with van der Waals surface area (Å²) in [4.78, 5) is 28.9. The summed E-state index contributed by atoms with van der Waals surface area (Å²) in [5.74, 6) is 3.16. The molecule has 0 radical (unpaired) electrons. The van der Waals surface area contributed by atoms with Crippen molar-refractivity contribution in [1.82, 2.24) is 5.48 Å². The van der Waals surface area contributed by atoms with Gasteiger partial charge in [-0.2, -0.15) is 0 Å². The van der Waals surface area contributed by atoms with Gasteiger partial charge >= 0.3 is 5.97 Å². The number of carbonyl (C=O) groups excluding carboxylic acids is 2. The molecule has 0 aromatic carbocycles. The van der Waals surface area contributed by atoms with Crippen LogP contribution in [0.2, 0.25) is 0 Å². The summed E-state index contributed by atoms with van der Waals surface area (Å²) in [6.45, 7) is 5.54. The number of carbonyl (C=O) groups is 2. The van der Waals surface area contributed by atoms with Gasteiger partial charge in [0.05, 0.1) is 12.6 Å². The van der Waals surface area contributed by atoms with Gasteiger partial charge in [-0.1, -0.05) is 13.8 Å². The van der Waals surface area contributed by atoms with Crippen LogP contribution in [0.3, 0.4) is 0 Å². The molecule has 0 spiro atoms. The van der Waals surface area contributed by atoms with E-state index >= 15 is 0 Å². The number of nitrogens with one attached hydrogen (secondary N) is 1. The van der Waals surface area contributed by atoms with Gasteiger partial charge in [0.15, 0.2) is 0 Å². The van der Waals surface area contributed by atoms with Crippen molar-refractivity contribution >= 4 is 11.9 Å². The highest BCUT2D eigenvalue weighted by Crippen LogP contribution is 2.68. The molecule has 1 aliphatic heterocycles. The molecule has 1 amide bonds. The second-order valence-corrected chi connectivity index (χ2v) is 11.4. The van der Waals surface area contributed by atoms with Gasteiger partial charge in [-0.3, -0.25) is 9.63 Å². The molecular weight excluding hydrogens is 392 g/mol. The van der Waals surface area contributed by atoms with Crippen molar-refractivity contribution in [2.24, 2.45) is 46.2 Å². The summed E-state index contributed by atoms with van der Waals surface area (Å²) >= 11 is 0. The Morgan fingerprint density at radius 1 is 1.13 bits per heavy atom. The zero-order chi connectivity index (χ0) is 21.8. The van der Waals surface area contributed by atoms with Crippen LogP contribution in [0.25, 0.3) is 0 Å². The molecule has 5 aliphatic rings. The fourth-order valence-electron chi connectivity index (χ4n) is 8.72. The van der Waals surface area contributed by atoms with Crippen molar-refractivity contribution in [3.8, 4) is 0 Å². The van der Waals surface area contributed by atoms with Crippen molar-refractivity contribution in [2.45, 2.75) is 77.7 Å². The number of fused-ring (bicyclic) bond motifs is 5. The molecule has 8 atom stereocenters. The predicted octanol–water partition coefficient (Wildman–Crippen LogP) is 3.50. The lowest BCUT2D eigenvalue weighted by Crippen LogP contribution is -2.54. The first-order valence-electron chi connectivity index (χ1n) is 12.4. The van der Waals surface area contributed by atoms with Gasteiger partial charge in [0.25, 0.3) is 5.91 Å². The number of esters is 1. The number of hydroxylamine groups is 1. The fourth-order valence-corrected chi connectivity index (χ4v) is 8.72. The third-order valence-electron chi connectivity index (χ3n) is 10.3. The number of ether oxygens (including phenoxy) is 1. The topological polar surface area (TPSA) is 90.6 Å². The Kier molecular flexibility index (Phi) is 5.45. The zero-order valence-electron chi connectivity index (χ0n) is 19.0. The molecule has 0 saturated heterocycles. The molecule has 0 aromatic heterocycles. The van der Waals surface area contributed by atoms with Gasteiger partial charge in [0.1, 0.15) is 6.61 Å². The number of nitrogens with two attached hydrogens (primary N) is 1. The SMILES string of the molecule is C[C@]12CC[C@@H](ONC(=O)CN)C[C@H]1CC[C@@H]1[C@@H]2CC[C@]2(C)[C@@H](C3=CC(=O)OC3)CC[C@@H]12. The number of hydrogen-bond donors (Lipinski definition) is 2. The smallest absolute Gasteiger partial charge is 0.331 e. The average molecular weight is 431 g/mol. The molecular formula is C25H38N2O4. The van der Waals surface area contributed by atoms with E-state index in [1.807, 2.05) is 0 Å². The van der Waals surface area contributed by atoms with Crippen molar-refractivity contribution in [3.63, 3.8) is 0 Å². The molecule has 31 heavy (non-hydrogen) atoms. The fraction of sp³-hybridized carbons (Fsp3) is 0.840. The first-order chi connectivity index (χ1) is 14.8. The quantitative estimate of drug-likeness (QED) is 0.526. The summed E-state index contributed by atoms with van der Waals surface area (Å²) in [7, 11) is 0. The first kappa shape index (κ1) is 21.4. The molecule has 4 aliphatic carbocycles. The second kappa shape index (κ2) is 7.87. The third kappa shape index (κ3) is 3.45. The number of cyclic esters (lactones) is 1. The lowest BCUT2D eigenvalue weighted by atomic mass is 9.44. The molecule has 6 heteroatoms. The van der Waals surface area contributed by atoms with Crippen molar-refractivity contribution in [3.05, 3.63) is 11.6 Å². The highest BCUT2D eigenvalue weighted by Gasteiger charge is 2.60. The molecule has 6 nitrogen and oxygen atoms in total. The lowest BCUT2D eigenvalue weighted by molar-refractivity contribution is -0.157. The molecule has 0 unspecified atom stereocenters. The zero-order valence-corrected chi connectivity index (χ0v) is 19.0. The molecule has 3 N–H and O–H groups in total. The molecule has 4 saturated carbocycles. The molecule has 0 aromatic rings. The van der Waals surface area contributed by atoms with E-state index in [9.17, 15) is 9.59 Å². The van der Waals surface area contributed by atoms with Gasteiger partial charge < -0.3 is 10.5 Å². The lowest BCUT2D eigenvalue weighted by Gasteiger charge is -2.61. The van der Waals surface area contributed by atoms with Crippen molar-refractivity contribution < 1.29 is 19.2 Å². The maximum atomic E-state index is 11.7. The summed E-state index contributed by atoms with van der Waals surface area (Å²) in [5, 5.41) is 0. The van der Waals surface area contributed by atoms with Crippen LogP contribution >= 0.6 is 0 Å². The van der Waals surface area contributed by atoms with Crippen LogP contribution in [-0.4, -0.2) is 31.1 Å². The van der Waals surface area contributed by atoms with E-state index in [0.717, 1.165) is 30.6 Å². The van der Waals surface area contributed by atoms with Crippen LogP contribution in [0, 0.1) is 40.4 Å². The predicted molar refractivity (Wildman–Crippen MR) is 116 cm³/mol. The number of hydrogen-bond acceptors (Lipinski definition) is 5. The van der Waals surface area contributed by atoms with E-state index in [2.05, 4.69) is 19.3 Å². The Hall–Kier alpha value is -1.40. The van der Waals surface area contributed by atoms with Crippen LogP contribution in [0.4, 0.5) is 0 Å². The van der Waals surface area contributed by atoms with E-state index in [0.29, 0.717) is 29.3 Å². The summed E-state index contributed by atoms with van der Waals surface area (Å²) in [5.41, 5.74) is 9.86. The average Bonchev–Trinajstić information content (AvgIpc) is 3.34. The first-order valence-corrected chi connectivity index (χ1v) is 12.4. The van der Waals surface area contributed by atoms with Crippen LogP contribution in [-0.2, 0) is 19.2 Å². The summed E-state index contributed by atoms with van der Waals surface area (Å²) < 4.78 is 5.27. The van der Waals surface area contributed by atoms with E-state index in [-0.39, 0.29) is 24.5 Å². The Morgan fingerprint density at radius 3 is 2.65 bits per heavy atom. The van der Waals surface area contributed by atoms with Crippen molar-refractivity contribution in [2.75, 3.05) is 13.2 Å². The Labute approximate surface area is 185 Å². The largest absolute Gasteiger partial charge is 0.458 e. The minimum Gasteiger partial charge on any atom is -0.458 e.